The first kappa shape index (κ1) is 10.5. The second-order valence-electron chi connectivity index (χ2n) is 3.32. The minimum atomic E-state index is -1.29. The number of aldehydes is 1. The molecule has 1 aromatic carbocycles. The summed E-state index contributed by atoms with van der Waals surface area (Å²) >= 11 is 0. The molecule has 0 bridgehead atoms. The average Bonchev–Trinajstić information content (AvgIpc) is 2.79. The summed E-state index contributed by atoms with van der Waals surface area (Å²) in [6.45, 7) is 0.277. The summed E-state index contributed by atoms with van der Waals surface area (Å²) in [5, 5.41) is 8.73. The Balaban J connectivity index is 2.37. The van der Waals surface area contributed by atoms with Crippen LogP contribution in [0.2, 0.25) is 0 Å². The van der Waals surface area contributed by atoms with E-state index in [1.54, 1.807) is 0 Å². The van der Waals surface area contributed by atoms with Gasteiger partial charge in [0.05, 0.1) is 12.2 Å². The van der Waals surface area contributed by atoms with Gasteiger partial charge in [-0.05, 0) is 12.1 Å². The summed E-state index contributed by atoms with van der Waals surface area (Å²) in [6.07, 6.45) is 2.12. The normalized spacial score (nSPS) is 23.2. The Hall–Kier alpha value is -2.01. The molecule has 82 valence electrons. The van der Waals surface area contributed by atoms with Gasteiger partial charge >= 0.3 is 5.97 Å². The molecule has 1 atom stereocenters. The van der Waals surface area contributed by atoms with Crippen LogP contribution >= 0.6 is 0 Å². The fourth-order valence-electron chi connectivity index (χ4n) is 1.52. The maximum absolute atomic E-state index is 11.0. The van der Waals surface area contributed by atoms with Crippen LogP contribution in [0.5, 0.6) is 0 Å². The maximum atomic E-state index is 11.0. The fourth-order valence-corrected chi connectivity index (χ4v) is 1.52. The smallest absolute Gasteiger partial charge is 0.335 e. The first-order valence-corrected chi connectivity index (χ1v) is 4.66. The highest BCUT2D eigenvalue weighted by molar-refractivity contribution is 5.87. The zero-order chi connectivity index (χ0) is 11.6. The summed E-state index contributed by atoms with van der Waals surface area (Å²) in [5.41, 5.74) is -0.607. The van der Waals surface area contributed by atoms with Crippen LogP contribution in [-0.2, 0) is 15.3 Å². The highest BCUT2D eigenvalue weighted by Gasteiger charge is 2.34. The molecule has 1 unspecified atom stereocenters. The molecular formula is C11H9NO4. The average molecular weight is 219 g/mol. The van der Waals surface area contributed by atoms with Crippen molar-refractivity contribution in [1.29, 1.82) is 0 Å². The van der Waals surface area contributed by atoms with Crippen molar-refractivity contribution in [3.63, 3.8) is 0 Å². The van der Waals surface area contributed by atoms with E-state index in [1.807, 2.05) is 0 Å². The van der Waals surface area contributed by atoms with E-state index >= 15 is 0 Å². The molecule has 0 radical (unpaired) electrons. The second kappa shape index (κ2) is 3.86. The monoisotopic (exact) mass is 219 g/mol. The number of aliphatic imine (C=N–C) groups is 1. The lowest BCUT2D eigenvalue weighted by Gasteiger charge is -2.18. The van der Waals surface area contributed by atoms with Crippen LogP contribution in [0.1, 0.15) is 15.9 Å². The predicted molar refractivity (Wildman–Crippen MR) is 55.6 cm³/mol. The van der Waals surface area contributed by atoms with E-state index in [1.165, 1.54) is 30.5 Å². The number of ether oxygens (including phenoxy) is 1. The molecule has 5 heteroatoms. The largest absolute Gasteiger partial charge is 0.478 e. The predicted octanol–water partition coefficient (Wildman–Crippen LogP) is 0.838. The van der Waals surface area contributed by atoms with Crippen molar-refractivity contribution < 1.29 is 19.4 Å². The Morgan fingerprint density at radius 2 is 2.12 bits per heavy atom. The molecule has 0 saturated carbocycles. The molecule has 1 N–H and O–H groups in total. The van der Waals surface area contributed by atoms with E-state index in [0.29, 0.717) is 11.8 Å². The van der Waals surface area contributed by atoms with Gasteiger partial charge in [-0.1, -0.05) is 12.1 Å². The Morgan fingerprint density at radius 3 is 2.56 bits per heavy atom. The Morgan fingerprint density at radius 1 is 1.44 bits per heavy atom. The van der Waals surface area contributed by atoms with Gasteiger partial charge in [-0.2, -0.15) is 0 Å². The number of hydrogen-bond acceptors (Lipinski definition) is 4. The highest BCUT2D eigenvalue weighted by atomic mass is 16.5. The van der Waals surface area contributed by atoms with E-state index in [0.717, 1.165) is 0 Å². The Kier molecular flexibility index (Phi) is 2.54. The van der Waals surface area contributed by atoms with Crippen LogP contribution in [0.3, 0.4) is 0 Å². The minimum Gasteiger partial charge on any atom is -0.478 e. The quantitative estimate of drug-likeness (QED) is 0.764. The molecule has 0 saturated heterocycles. The lowest BCUT2D eigenvalue weighted by Crippen LogP contribution is -2.25. The number of carboxylic acids is 1. The van der Waals surface area contributed by atoms with Crippen molar-refractivity contribution in [2.24, 2.45) is 4.99 Å². The number of rotatable bonds is 3. The summed E-state index contributed by atoms with van der Waals surface area (Å²) < 4.78 is 5.24. The van der Waals surface area contributed by atoms with Crippen molar-refractivity contribution >= 4 is 18.5 Å². The van der Waals surface area contributed by atoms with Gasteiger partial charge in [0, 0.05) is 11.8 Å². The van der Waals surface area contributed by atoms with Crippen LogP contribution in [0.4, 0.5) is 0 Å². The van der Waals surface area contributed by atoms with Gasteiger partial charge < -0.3 is 9.84 Å². The lowest BCUT2D eigenvalue weighted by molar-refractivity contribution is -0.127. The molecule has 0 aliphatic carbocycles. The van der Waals surface area contributed by atoms with E-state index < -0.39 is 11.7 Å². The van der Waals surface area contributed by atoms with E-state index in [-0.39, 0.29) is 12.2 Å². The van der Waals surface area contributed by atoms with Crippen LogP contribution < -0.4 is 0 Å². The topological polar surface area (TPSA) is 76.0 Å². The van der Waals surface area contributed by atoms with Crippen LogP contribution in [0, 0.1) is 0 Å². The first-order chi connectivity index (χ1) is 7.68. The van der Waals surface area contributed by atoms with E-state index in [9.17, 15) is 9.59 Å². The van der Waals surface area contributed by atoms with Gasteiger partial charge in [0.15, 0.2) is 6.29 Å². The van der Waals surface area contributed by atoms with Gasteiger partial charge in [-0.25, -0.2) is 9.79 Å². The molecule has 0 amide bonds. The van der Waals surface area contributed by atoms with Gasteiger partial charge in [-0.15, -0.1) is 0 Å². The third-order valence-corrected chi connectivity index (χ3v) is 2.37. The second-order valence-corrected chi connectivity index (χ2v) is 3.32. The molecule has 2 rings (SSSR count). The number of nitrogens with zero attached hydrogens (tertiary/aromatic N) is 1. The van der Waals surface area contributed by atoms with Gasteiger partial charge in [0.1, 0.15) is 0 Å². The van der Waals surface area contributed by atoms with E-state index in [2.05, 4.69) is 4.99 Å². The summed E-state index contributed by atoms with van der Waals surface area (Å²) in [4.78, 5) is 25.6. The Bertz CT molecular complexity index is 452. The molecule has 1 heterocycles. The van der Waals surface area contributed by atoms with Crippen molar-refractivity contribution in [2.45, 2.75) is 5.72 Å². The van der Waals surface area contributed by atoms with Crippen LogP contribution in [-0.4, -0.2) is 30.2 Å². The molecule has 0 aromatic heterocycles. The summed E-state index contributed by atoms with van der Waals surface area (Å²) in [6, 6.07) is 5.89. The van der Waals surface area contributed by atoms with Gasteiger partial charge in [-0.3, -0.25) is 4.79 Å². The van der Waals surface area contributed by atoms with Gasteiger partial charge in [0.25, 0.3) is 0 Å². The van der Waals surface area contributed by atoms with Crippen molar-refractivity contribution in [1.82, 2.24) is 0 Å². The number of aromatic carboxylic acids is 1. The number of hydrogen-bond donors (Lipinski definition) is 1. The maximum Gasteiger partial charge on any atom is 0.335 e. The molecule has 16 heavy (non-hydrogen) atoms. The lowest BCUT2D eigenvalue weighted by atomic mass is 10.0. The molecular weight excluding hydrogens is 210 g/mol. The minimum absolute atomic E-state index is 0.159. The molecule has 1 aromatic rings. The fraction of sp³-hybridized carbons (Fsp3) is 0.182. The SMILES string of the molecule is O=CC1(c2ccc(C(=O)O)cc2)N=CCO1. The van der Waals surface area contributed by atoms with Crippen molar-refractivity contribution in [3.05, 3.63) is 35.4 Å². The summed E-state index contributed by atoms with van der Waals surface area (Å²) in [7, 11) is 0. The highest BCUT2D eigenvalue weighted by Crippen LogP contribution is 2.28. The summed E-state index contributed by atoms with van der Waals surface area (Å²) in [5.74, 6) is -1.01. The Labute approximate surface area is 91.4 Å². The van der Waals surface area contributed by atoms with Gasteiger partial charge in [0.2, 0.25) is 5.72 Å². The number of carboxylic acid groups (broad SMARTS) is 1. The first-order valence-electron chi connectivity index (χ1n) is 4.66. The van der Waals surface area contributed by atoms with Crippen LogP contribution in [0.25, 0.3) is 0 Å². The third kappa shape index (κ3) is 1.61. The standard InChI is InChI=1S/C11H9NO4/c13-7-11(12-5-6-16-11)9-3-1-8(2-4-9)10(14)15/h1-5,7H,6H2,(H,14,15). The van der Waals surface area contributed by atoms with Crippen LogP contribution in [0.15, 0.2) is 29.3 Å². The zero-order valence-corrected chi connectivity index (χ0v) is 8.29. The number of benzene rings is 1. The molecule has 0 spiro atoms. The molecule has 5 nitrogen and oxygen atoms in total. The molecule has 1 aliphatic heterocycles. The van der Waals surface area contributed by atoms with E-state index in [4.69, 9.17) is 9.84 Å². The van der Waals surface area contributed by atoms with Crippen molar-refractivity contribution in [3.8, 4) is 0 Å². The number of carbonyl (C=O) groups is 2. The molecule has 0 fully saturated rings. The zero-order valence-electron chi connectivity index (χ0n) is 8.29. The third-order valence-electron chi connectivity index (χ3n) is 2.37. The van der Waals surface area contributed by atoms with Crippen molar-refractivity contribution in [2.75, 3.05) is 6.61 Å². The number of carbonyl (C=O) groups excluding carboxylic acids is 1. The molecule has 1 aliphatic rings.